The lowest BCUT2D eigenvalue weighted by atomic mass is 9.81. The zero-order valence-corrected chi connectivity index (χ0v) is 18.5. The molecule has 0 unspecified atom stereocenters. The van der Waals surface area contributed by atoms with E-state index >= 15 is 0 Å². The lowest BCUT2D eigenvalue weighted by Gasteiger charge is -2.42. The van der Waals surface area contributed by atoms with E-state index in [4.69, 9.17) is 4.43 Å². The van der Waals surface area contributed by atoms with Crippen molar-refractivity contribution in [3.8, 4) is 5.75 Å². The average molecular weight is 393 g/mol. The molecule has 1 saturated heterocycles. The van der Waals surface area contributed by atoms with E-state index in [2.05, 4.69) is 74.9 Å². The molecule has 1 N–H and O–H groups in total. The first-order valence-corrected chi connectivity index (χ1v) is 11.8. The van der Waals surface area contributed by atoms with Gasteiger partial charge in [0.2, 0.25) is 8.32 Å². The Bertz CT molecular complexity index is 477. The summed E-state index contributed by atoms with van der Waals surface area (Å²) in [5.74, 6) is 1.01. The van der Waals surface area contributed by atoms with Crippen molar-refractivity contribution in [2.75, 3.05) is 26.2 Å². The van der Waals surface area contributed by atoms with Crippen molar-refractivity contribution >= 4 is 33.1 Å². The molecule has 1 fully saturated rings. The van der Waals surface area contributed by atoms with E-state index in [0.717, 1.165) is 31.9 Å². The predicted molar refractivity (Wildman–Crippen MR) is 112 cm³/mol. The van der Waals surface area contributed by atoms with E-state index in [0.29, 0.717) is 6.04 Å². The maximum Gasteiger partial charge on any atom is 0.242 e. The van der Waals surface area contributed by atoms with Gasteiger partial charge in [-0.25, -0.2) is 0 Å². The van der Waals surface area contributed by atoms with Crippen LogP contribution in [0.3, 0.4) is 0 Å². The van der Waals surface area contributed by atoms with Crippen molar-refractivity contribution in [2.24, 2.45) is 5.41 Å². The van der Waals surface area contributed by atoms with Crippen LogP contribution in [0.15, 0.2) is 24.3 Å². The van der Waals surface area contributed by atoms with Crippen LogP contribution in [-0.4, -0.2) is 39.4 Å². The molecule has 1 aliphatic rings. The standard InChI is InChI=1S/C18H32N2OSi.2ClH/c1-18(2,3)17(20-13-11-19-12-14-20)15-7-9-16(10-8-15)21-22(4,5)6;;/h7-10,17,19H,11-14H2,1-6H3;2*1H/t17-;;/m0../s1. The second-order valence-corrected chi connectivity index (χ2v) is 12.8. The van der Waals surface area contributed by atoms with Gasteiger partial charge < -0.3 is 9.74 Å². The largest absolute Gasteiger partial charge is 0.544 e. The van der Waals surface area contributed by atoms with Crippen molar-refractivity contribution in [1.82, 2.24) is 10.2 Å². The van der Waals surface area contributed by atoms with Crippen molar-refractivity contribution in [2.45, 2.75) is 46.5 Å². The zero-order valence-electron chi connectivity index (χ0n) is 15.9. The second kappa shape index (κ2) is 9.44. The van der Waals surface area contributed by atoms with Crippen molar-refractivity contribution in [3.63, 3.8) is 0 Å². The topological polar surface area (TPSA) is 24.5 Å². The highest BCUT2D eigenvalue weighted by Gasteiger charge is 2.32. The van der Waals surface area contributed by atoms with Gasteiger partial charge in [0.25, 0.3) is 0 Å². The Labute approximate surface area is 161 Å². The molecule has 0 radical (unpaired) electrons. The lowest BCUT2D eigenvalue weighted by molar-refractivity contribution is 0.0862. The van der Waals surface area contributed by atoms with Crippen LogP contribution >= 0.6 is 24.8 Å². The number of benzene rings is 1. The number of rotatable bonds is 4. The molecule has 0 spiro atoms. The van der Waals surface area contributed by atoms with E-state index < -0.39 is 8.32 Å². The molecular formula is C18H34Cl2N2OSi. The van der Waals surface area contributed by atoms with Crippen LogP contribution in [0.4, 0.5) is 0 Å². The Hall–Kier alpha value is -0.263. The maximum absolute atomic E-state index is 6.08. The average Bonchev–Trinajstić information content (AvgIpc) is 2.39. The fourth-order valence-corrected chi connectivity index (χ4v) is 4.11. The number of nitrogens with zero attached hydrogens (tertiary/aromatic N) is 1. The van der Waals surface area contributed by atoms with Crippen molar-refractivity contribution in [3.05, 3.63) is 29.8 Å². The summed E-state index contributed by atoms with van der Waals surface area (Å²) in [5, 5.41) is 3.45. The SMILES string of the molecule is CC(C)(C)[C@H](c1ccc(O[Si](C)(C)C)cc1)N1CCNCC1.Cl.Cl. The van der Waals surface area contributed by atoms with Gasteiger partial charge in [-0.15, -0.1) is 24.8 Å². The molecule has 1 aliphatic heterocycles. The highest BCUT2D eigenvalue weighted by molar-refractivity contribution is 6.70. The van der Waals surface area contributed by atoms with Gasteiger partial charge in [0.15, 0.2) is 0 Å². The summed E-state index contributed by atoms with van der Waals surface area (Å²) in [6.45, 7) is 18.1. The van der Waals surface area contributed by atoms with Gasteiger partial charge in [-0.2, -0.15) is 0 Å². The summed E-state index contributed by atoms with van der Waals surface area (Å²) < 4.78 is 6.08. The van der Waals surface area contributed by atoms with Crippen LogP contribution in [0.5, 0.6) is 5.75 Å². The molecule has 6 heteroatoms. The molecule has 0 bridgehead atoms. The molecule has 3 nitrogen and oxygen atoms in total. The first-order chi connectivity index (χ1) is 10.2. The minimum Gasteiger partial charge on any atom is -0.544 e. The highest BCUT2D eigenvalue weighted by Crippen LogP contribution is 2.38. The van der Waals surface area contributed by atoms with Crippen LogP contribution < -0.4 is 9.74 Å². The maximum atomic E-state index is 6.08. The number of hydrogen-bond donors (Lipinski definition) is 1. The molecule has 1 aromatic rings. The molecule has 1 atom stereocenters. The van der Waals surface area contributed by atoms with Crippen LogP contribution in [0.25, 0.3) is 0 Å². The van der Waals surface area contributed by atoms with E-state index in [-0.39, 0.29) is 30.2 Å². The summed E-state index contributed by atoms with van der Waals surface area (Å²) in [4.78, 5) is 2.62. The van der Waals surface area contributed by atoms with Gasteiger partial charge in [-0.3, -0.25) is 4.90 Å². The van der Waals surface area contributed by atoms with Gasteiger partial charge in [0.1, 0.15) is 5.75 Å². The predicted octanol–water partition coefficient (Wildman–Crippen LogP) is 4.74. The van der Waals surface area contributed by atoms with Gasteiger partial charge in [-0.1, -0.05) is 32.9 Å². The van der Waals surface area contributed by atoms with E-state index in [1.165, 1.54) is 5.56 Å². The third-order valence-electron chi connectivity index (χ3n) is 3.96. The summed E-state index contributed by atoms with van der Waals surface area (Å²) in [6.07, 6.45) is 0. The Morgan fingerprint density at radius 3 is 1.92 bits per heavy atom. The molecule has 2 rings (SSSR count). The van der Waals surface area contributed by atoms with Crippen LogP contribution in [-0.2, 0) is 0 Å². The smallest absolute Gasteiger partial charge is 0.242 e. The Kier molecular flexibility index (Phi) is 9.34. The fourth-order valence-electron chi connectivity index (χ4n) is 3.27. The third-order valence-corrected chi connectivity index (χ3v) is 4.80. The molecule has 1 aromatic carbocycles. The number of hydrogen-bond acceptors (Lipinski definition) is 3. The Morgan fingerprint density at radius 2 is 1.50 bits per heavy atom. The molecule has 0 saturated carbocycles. The summed E-state index contributed by atoms with van der Waals surface area (Å²) in [5.41, 5.74) is 1.62. The quantitative estimate of drug-likeness (QED) is 0.748. The van der Waals surface area contributed by atoms with Crippen LogP contribution in [0.2, 0.25) is 19.6 Å². The van der Waals surface area contributed by atoms with Gasteiger partial charge >= 0.3 is 0 Å². The molecule has 0 amide bonds. The summed E-state index contributed by atoms with van der Waals surface area (Å²) >= 11 is 0. The van der Waals surface area contributed by atoms with Crippen molar-refractivity contribution < 1.29 is 4.43 Å². The summed E-state index contributed by atoms with van der Waals surface area (Å²) in [7, 11) is -1.53. The normalized spacial score (nSPS) is 17.4. The van der Waals surface area contributed by atoms with E-state index in [1.54, 1.807) is 0 Å². The Balaban J connectivity index is 0.00000264. The molecular weight excluding hydrogens is 359 g/mol. The van der Waals surface area contributed by atoms with Gasteiger partial charge in [0.05, 0.1) is 0 Å². The van der Waals surface area contributed by atoms with Gasteiger partial charge in [-0.05, 0) is 42.8 Å². The van der Waals surface area contributed by atoms with Gasteiger partial charge in [0, 0.05) is 32.2 Å². The molecule has 0 aromatic heterocycles. The molecule has 140 valence electrons. The number of halogens is 2. The molecule has 1 heterocycles. The second-order valence-electron chi connectivity index (χ2n) is 8.34. The first-order valence-electron chi connectivity index (χ1n) is 8.40. The lowest BCUT2D eigenvalue weighted by Crippen LogP contribution is -2.48. The zero-order chi connectivity index (χ0) is 16.4. The minimum absolute atomic E-state index is 0. The summed E-state index contributed by atoms with van der Waals surface area (Å²) in [6, 6.07) is 9.26. The van der Waals surface area contributed by atoms with E-state index in [1.807, 2.05) is 0 Å². The highest BCUT2D eigenvalue weighted by atomic mass is 35.5. The van der Waals surface area contributed by atoms with Crippen LogP contribution in [0.1, 0.15) is 32.4 Å². The monoisotopic (exact) mass is 392 g/mol. The third kappa shape index (κ3) is 6.93. The number of piperazine rings is 1. The van der Waals surface area contributed by atoms with Crippen LogP contribution in [0, 0.1) is 5.41 Å². The van der Waals surface area contributed by atoms with Crippen molar-refractivity contribution in [1.29, 1.82) is 0 Å². The fraction of sp³-hybridized carbons (Fsp3) is 0.667. The number of nitrogens with one attached hydrogen (secondary N) is 1. The minimum atomic E-state index is -1.53. The molecule has 0 aliphatic carbocycles. The molecule has 24 heavy (non-hydrogen) atoms. The first kappa shape index (κ1) is 23.7. The van der Waals surface area contributed by atoms with E-state index in [9.17, 15) is 0 Å². The Morgan fingerprint density at radius 1 is 1.00 bits per heavy atom.